The molecule has 0 saturated carbocycles. The van der Waals surface area contributed by atoms with Gasteiger partial charge in [0.25, 0.3) is 5.91 Å². The van der Waals surface area contributed by atoms with Crippen LogP contribution in [0.1, 0.15) is 22.0 Å². The van der Waals surface area contributed by atoms with Crippen LogP contribution in [-0.2, 0) is 18.2 Å². The maximum Gasteiger partial charge on any atom is 0.289 e. The lowest BCUT2D eigenvalue weighted by Gasteiger charge is -2.23. The Morgan fingerprint density at radius 3 is 3.00 bits per heavy atom. The van der Waals surface area contributed by atoms with Crippen LogP contribution in [0, 0.1) is 12.8 Å². The molecule has 2 aromatic rings. The number of imidazole rings is 1. The molecule has 1 fully saturated rings. The molecule has 122 valence electrons. The van der Waals surface area contributed by atoms with E-state index in [1.807, 2.05) is 24.9 Å². The Balaban J connectivity index is 1.71. The van der Waals surface area contributed by atoms with E-state index in [9.17, 15) is 4.79 Å². The summed E-state index contributed by atoms with van der Waals surface area (Å²) in [4.78, 5) is 27.1. The van der Waals surface area contributed by atoms with E-state index >= 15 is 0 Å². The van der Waals surface area contributed by atoms with Gasteiger partial charge < -0.3 is 14.2 Å². The molecule has 1 aliphatic heterocycles. The number of amides is 1. The quantitative estimate of drug-likeness (QED) is 0.839. The van der Waals surface area contributed by atoms with E-state index < -0.39 is 0 Å². The molecule has 1 aliphatic rings. The third-order valence-corrected chi connectivity index (χ3v) is 4.00. The zero-order chi connectivity index (χ0) is 16.2. The van der Waals surface area contributed by atoms with Crippen LogP contribution in [0.3, 0.4) is 0 Å². The summed E-state index contributed by atoms with van der Waals surface area (Å²) in [6, 6.07) is 1.98. The summed E-state index contributed by atoms with van der Waals surface area (Å²) in [7, 11) is 1.83. The van der Waals surface area contributed by atoms with Gasteiger partial charge in [-0.25, -0.2) is 15.0 Å². The summed E-state index contributed by atoms with van der Waals surface area (Å²) < 4.78 is 7.42. The van der Waals surface area contributed by atoms with Gasteiger partial charge in [-0.3, -0.25) is 4.79 Å². The van der Waals surface area contributed by atoms with Crippen molar-refractivity contribution in [2.45, 2.75) is 13.3 Å². The molecular weight excluding hydrogens is 294 g/mol. The predicted octanol–water partition coefficient (Wildman–Crippen LogP) is 0.850. The minimum absolute atomic E-state index is 0.0492. The number of carbonyl (C=O) groups is 1. The van der Waals surface area contributed by atoms with E-state index in [4.69, 9.17) is 4.74 Å². The lowest BCUT2D eigenvalue weighted by molar-refractivity contribution is 0.0721. The minimum atomic E-state index is -0.0492. The van der Waals surface area contributed by atoms with Gasteiger partial charge in [0.05, 0.1) is 13.2 Å². The van der Waals surface area contributed by atoms with Crippen molar-refractivity contribution in [3.8, 4) is 0 Å². The van der Waals surface area contributed by atoms with Crippen molar-refractivity contribution < 1.29 is 9.53 Å². The van der Waals surface area contributed by atoms with Gasteiger partial charge in [-0.05, 0) is 19.4 Å². The van der Waals surface area contributed by atoms with E-state index in [0.717, 1.165) is 17.8 Å². The average molecular weight is 315 g/mol. The molecule has 3 rings (SSSR count). The second-order valence-electron chi connectivity index (χ2n) is 5.91. The Morgan fingerprint density at radius 2 is 2.26 bits per heavy atom. The molecule has 0 radical (unpaired) electrons. The third-order valence-electron chi connectivity index (χ3n) is 4.00. The van der Waals surface area contributed by atoms with Crippen molar-refractivity contribution in [3.05, 3.63) is 42.0 Å². The fraction of sp³-hybridized carbons (Fsp3) is 0.500. The lowest BCUT2D eigenvalue weighted by Crippen LogP contribution is -2.37. The van der Waals surface area contributed by atoms with Gasteiger partial charge in [-0.1, -0.05) is 0 Å². The number of aryl methyl sites for hydroxylation is 2. The second-order valence-corrected chi connectivity index (χ2v) is 5.91. The van der Waals surface area contributed by atoms with Crippen LogP contribution >= 0.6 is 0 Å². The van der Waals surface area contributed by atoms with Gasteiger partial charge in [0, 0.05) is 49.8 Å². The van der Waals surface area contributed by atoms with Gasteiger partial charge in [0.2, 0.25) is 0 Å². The van der Waals surface area contributed by atoms with E-state index in [0.29, 0.717) is 32.1 Å². The first kappa shape index (κ1) is 15.6. The highest BCUT2D eigenvalue weighted by Crippen LogP contribution is 2.15. The van der Waals surface area contributed by atoms with Gasteiger partial charge in [0.1, 0.15) is 6.33 Å². The molecule has 1 amide bonds. The first-order valence-corrected chi connectivity index (χ1v) is 7.75. The number of aromatic nitrogens is 4. The zero-order valence-electron chi connectivity index (χ0n) is 13.5. The maximum absolute atomic E-state index is 12.6. The maximum atomic E-state index is 12.6. The summed E-state index contributed by atoms with van der Waals surface area (Å²) in [6.07, 6.45) is 5.78. The molecular formula is C16H21N5O2. The minimum Gasteiger partial charge on any atom is -0.379 e. The molecule has 1 saturated heterocycles. The van der Waals surface area contributed by atoms with E-state index in [2.05, 4.69) is 15.0 Å². The van der Waals surface area contributed by atoms with Crippen molar-refractivity contribution in [1.29, 1.82) is 0 Å². The van der Waals surface area contributed by atoms with Crippen LogP contribution in [-0.4, -0.2) is 56.6 Å². The second kappa shape index (κ2) is 6.87. The van der Waals surface area contributed by atoms with Crippen LogP contribution < -0.4 is 0 Å². The van der Waals surface area contributed by atoms with Crippen LogP contribution in [0.2, 0.25) is 0 Å². The van der Waals surface area contributed by atoms with E-state index in [1.54, 1.807) is 23.3 Å². The van der Waals surface area contributed by atoms with Gasteiger partial charge >= 0.3 is 0 Å². The first-order valence-electron chi connectivity index (χ1n) is 7.75. The van der Waals surface area contributed by atoms with Crippen LogP contribution in [0.4, 0.5) is 0 Å². The molecule has 0 aliphatic carbocycles. The normalized spacial score (nSPS) is 18.7. The van der Waals surface area contributed by atoms with Crippen LogP contribution in [0.15, 0.2) is 24.8 Å². The van der Waals surface area contributed by atoms with E-state index in [-0.39, 0.29) is 11.8 Å². The monoisotopic (exact) mass is 315 g/mol. The number of ether oxygens (including phenoxy) is 1. The van der Waals surface area contributed by atoms with Gasteiger partial charge in [0.15, 0.2) is 5.82 Å². The fourth-order valence-corrected chi connectivity index (χ4v) is 2.82. The molecule has 3 heterocycles. The molecule has 7 heteroatoms. The van der Waals surface area contributed by atoms with Crippen LogP contribution in [0.5, 0.6) is 0 Å². The van der Waals surface area contributed by atoms with Gasteiger partial charge in [-0.15, -0.1) is 0 Å². The lowest BCUT2D eigenvalue weighted by atomic mass is 10.0. The number of hydrogen-bond acceptors (Lipinski definition) is 5. The highest BCUT2D eigenvalue weighted by atomic mass is 16.5. The summed E-state index contributed by atoms with van der Waals surface area (Å²) in [5, 5.41) is 0. The molecule has 0 N–H and O–H groups in total. The zero-order valence-corrected chi connectivity index (χ0v) is 13.5. The average Bonchev–Trinajstić information content (AvgIpc) is 2.81. The van der Waals surface area contributed by atoms with Crippen molar-refractivity contribution in [2.75, 3.05) is 26.3 Å². The topological polar surface area (TPSA) is 73.1 Å². The smallest absolute Gasteiger partial charge is 0.289 e. The number of nitrogens with zero attached hydrogens (tertiary/aromatic N) is 5. The van der Waals surface area contributed by atoms with Crippen molar-refractivity contribution in [2.24, 2.45) is 13.0 Å². The molecule has 2 aromatic heterocycles. The Morgan fingerprint density at radius 1 is 1.39 bits per heavy atom. The Hall–Kier alpha value is -2.28. The number of hydrogen-bond donors (Lipinski definition) is 0. The molecule has 0 bridgehead atoms. The van der Waals surface area contributed by atoms with Crippen LogP contribution in [0.25, 0.3) is 0 Å². The summed E-state index contributed by atoms with van der Waals surface area (Å²) >= 11 is 0. The molecule has 0 aromatic carbocycles. The molecule has 23 heavy (non-hydrogen) atoms. The standard InChI is InChI=1S/C16H21N5O2/c1-12-7-14(19-11-18-12)8-13-9-21(5-6-23-10-13)16(22)15-17-3-4-20(15)2/h3-4,7,11,13H,5-6,8-10H2,1-2H3/t13-/m0/s1. The van der Waals surface area contributed by atoms with Gasteiger partial charge in [-0.2, -0.15) is 0 Å². The van der Waals surface area contributed by atoms with Crippen molar-refractivity contribution in [1.82, 2.24) is 24.4 Å². The SMILES string of the molecule is Cc1cc(C[C@@H]2COCCN(C(=O)c3nccn3C)C2)ncn1. The summed E-state index contributed by atoms with van der Waals surface area (Å²) in [5.41, 5.74) is 1.93. The molecule has 7 nitrogen and oxygen atoms in total. The fourth-order valence-electron chi connectivity index (χ4n) is 2.82. The Kier molecular flexibility index (Phi) is 4.66. The highest BCUT2D eigenvalue weighted by molar-refractivity contribution is 5.90. The summed E-state index contributed by atoms with van der Waals surface area (Å²) in [5.74, 6) is 0.631. The number of carbonyl (C=O) groups excluding carboxylic acids is 1. The molecule has 0 unspecified atom stereocenters. The largest absolute Gasteiger partial charge is 0.379 e. The highest BCUT2D eigenvalue weighted by Gasteiger charge is 2.25. The molecule has 1 atom stereocenters. The Bertz CT molecular complexity index is 685. The van der Waals surface area contributed by atoms with Crippen molar-refractivity contribution >= 4 is 5.91 Å². The summed E-state index contributed by atoms with van der Waals surface area (Å²) in [6.45, 7) is 4.37. The van der Waals surface area contributed by atoms with Crippen molar-refractivity contribution in [3.63, 3.8) is 0 Å². The first-order chi connectivity index (χ1) is 11.1. The number of rotatable bonds is 3. The van der Waals surface area contributed by atoms with E-state index in [1.165, 1.54) is 0 Å². The Labute approximate surface area is 135 Å². The third kappa shape index (κ3) is 3.73. The molecule has 0 spiro atoms. The predicted molar refractivity (Wildman–Crippen MR) is 83.9 cm³/mol.